The number of piperidine rings is 1. The van der Waals surface area contributed by atoms with Crippen LogP contribution in [0.5, 0.6) is 0 Å². The van der Waals surface area contributed by atoms with Gasteiger partial charge in [-0.05, 0) is 79.8 Å². The van der Waals surface area contributed by atoms with Gasteiger partial charge in [-0.1, -0.05) is 0 Å². The molecule has 18 heavy (non-hydrogen) atoms. The summed E-state index contributed by atoms with van der Waals surface area (Å²) in [5.41, 5.74) is 0. The van der Waals surface area contributed by atoms with Crippen LogP contribution in [-0.4, -0.2) is 31.1 Å². The first kappa shape index (κ1) is 13.1. The summed E-state index contributed by atoms with van der Waals surface area (Å²) in [5.74, 6) is 0.773. The van der Waals surface area contributed by atoms with Crippen LogP contribution in [-0.2, 0) is 0 Å². The Hall–Kier alpha value is 0.1000. The maximum Gasteiger partial charge on any atom is 0.0701 e. The molecule has 4 heteroatoms. The van der Waals surface area contributed by atoms with E-state index in [0.29, 0.717) is 6.04 Å². The minimum absolute atomic E-state index is 0.648. The van der Waals surface area contributed by atoms with Gasteiger partial charge in [-0.25, -0.2) is 0 Å². The van der Waals surface area contributed by atoms with Crippen molar-refractivity contribution in [1.82, 2.24) is 10.2 Å². The highest BCUT2D eigenvalue weighted by atomic mass is 79.9. The zero-order chi connectivity index (χ0) is 12.5. The maximum atomic E-state index is 3.61. The third kappa shape index (κ3) is 2.67. The number of halogens is 1. The average Bonchev–Trinajstić information content (AvgIpc) is 3.12. The van der Waals surface area contributed by atoms with Crippen molar-refractivity contribution in [2.24, 2.45) is 5.92 Å². The lowest BCUT2D eigenvalue weighted by atomic mass is 9.87. The predicted molar refractivity (Wildman–Crippen MR) is 81.1 cm³/mol. The molecule has 1 aromatic heterocycles. The molecule has 100 valence electrons. The second kappa shape index (κ2) is 5.61. The Bertz CT molecular complexity index is 400. The zero-order valence-corrected chi connectivity index (χ0v) is 13.3. The summed E-state index contributed by atoms with van der Waals surface area (Å²) >= 11 is 5.53. The fourth-order valence-corrected chi connectivity index (χ4v) is 4.92. The van der Waals surface area contributed by atoms with Crippen LogP contribution in [0.15, 0.2) is 15.9 Å². The van der Waals surface area contributed by atoms with Crippen LogP contribution in [0.4, 0.5) is 0 Å². The molecule has 1 saturated heterocycles. The van der Waals surface area contributed by atoms with Crippen molar-refractivity contribution in [3.8, 4) is 0 Å². The van der Waals surface area contributed by atoms with Crippen LogP contribution < -0.4 is 5.32 Å². The monoisotopic (exact) mass is 328 g/mol. The Morgan fingerprint density at radius 3 is 2.83 bits per heavy atom. The molecule has 1 aromatic rings. The van der Waals surface area contributed by atoms with E-state index in [-0.39, 0.29) is 0 Å². The number of thiophene rings is 1. The van der Waals surface area contributed by atoms with E-state index in [9.17, 15) is 0 Å². The molecule has 1 aliphatic heterocycles. The van der Waals surface area contributed by atoms with Gasteiger partial charge in [0, 0.05) is 17.0 Å². The highest BCUT2D eigenvalue weighted by molar-refractivity contribution is 9.11. The summed E-state index contributed by atoms with van der Waals surface area (Å²) in [7, 11) is 2.08. The fourth-order valence-electron chi connectivity index (χ4n) is 3.28. The molecular formula is C14H21BrN2S. The smallest absolute Gasteiger partial charge is 0.0701 e. The topological polar surface area (TPSA) is 15.3 Å². The van der Waals surface area contributed by atoms with E-state index in [1.807, 2.05) is 11.3 Å². The zero-order valence-electron chi connectivity index (χ0n) is 10.9. The van der Waals surface area contributed by atoms with Crippen LogP contribution in [0.3, 0.4) is 0 Å². The van der Waals surface area contributed by atoms with Gasteiger partial charge in [-0.15, -0.1) is 11.3 Å². The van der Waals surface area contributed by atoms with Crippen molar-refractivity contribution in [2.45, 2.75) is 37.8 Å². The quantitative estimate of drug-likeness (QED) is 0.907. The van der Waals surface area contributed by atoms with Gasteiger partial charge in [0.1, 0.15) is 0 Å². The van der Waals surface area contributed by atoms with E-state index in [4.69, 9.17) is 0 Å². The summed E-state index contributed by atoms with van der Waals surface area (Å²) in [5, 5.41) is 3.39. The predicted octanol–water partition coefficient (Wildman–Crippen LogP) is 3.65. The van der Waals surface area contributed by atoms with Gasteiger partial charge in [0.25, 0.3) is 0 Å². The highest BCUT2D eigenvalue weighted by Gasteiger charge is 2.40. The highest BCUT2D eigenvalue weighted by Crippen LogP contribution is 2.45. The molecule has 0 bridgehead atoms. The summed E-state index contributed by atoms with van der Waals surface area (Å²) in [6.45, 7) is 2.44. The van der Waals surface area contributed by atoms with E-state index in [1.165, 1.54) is 36.0 Å². The SMILES string of the molecule is CNCC1CCCN(C2CC2)C1c1ccc(Br)s1. The lowest BCUT2D eigenvalue weighted by molar-refractivity contribution is 0.0869. The second-order valence-electron chi connectivity index (χ2n) is 5.52. The standard InChI is InChI=1S/C14H21BrN2S/c1-16-9-10-3-2-8-17(11-4-5-11)14(10)12-6-7-13(15)18-12/h6-7,10-11,14,16H,2-5,8-9H2,1H3. The average molecular weight is 329 g/mol. The molecular weight excluding hydrogens is 308 g/mol. The summed E-state index contributed by atoms with van der Waals surface area (Å²) < 4.78 is 1.27. The Morgan fingerprint density at radius 2 is 2.22 bits per heavy atom. The number of likely N-dealkylation sites (tertiary alicyclic amines) is 1. The molecule has 0 radical (unpaired) electrons. The summed E-state index contributed by atoms with van der Waals surface area (Å²) in [6.07, 6.45) is 5.56. The van der Waals surface area contributed by atoms with Crippen molar-refractivity contribution in [3.05, 3.63) is 20.8 Å². The first-order valence-electron chi connectivity index (χ1n) is 6.95. The van der Waals surface area contributed by atoms with Crippen molar-refractivity contribution in [2.75, 3.05) is 20.1 Å². The van der Waals surface area contributed by atoms with E-state index in [1.54, 1.807) is 4.88 Å². The van der Waals surface area contributed by atoms with Crippen LogP contribution in [0.1, 0.15) is 36.6 Å². The Kier molecular flexibility index (Phi) is 4.09. The minimum atomic E-state index is 0.648. The first-order valence-corrected chi connectivity index (χ1v) is 8.56. The molecule has 1 saturated carbocycles. The molecule has 2 heterocycles. The second-order valence-corrected chi connectivity index (χ2v) is 8.01. The molecule has 0 spiro atoms. The molecule has 0 amide bonds. The Morgan fingerprint density at radius 1 is 1.39 bits per heavy atom. The van der Waals surface area contributed by atoms with Gasteiger partial charge in [0.2, 0.25) is 0 Å². The summed E-state index contributed by atoms with van der Waals surface area (Å²) in [6, 6.07) is 6.05. The van der Waals surface area contributed by atoms with Crippen molar-refractivity contribution in [3.63, 3.8) is 0 Å². The van der Waals surface area contributed by atoms with Crippen molar-refractivity contribution >= 4 is 27.3 Å². The third-order valence-electron chi connectivity index (χ3n) is 4.16. The molecule has 3 rings (SSSR count). The maximum absolute atomic E-state index is 3.61. The Balaban J connectivity index is 1.85. The fraction of sp³-hybridized carbons (Fsp3) is 0.714. The molecule has 2 fully saturated rings. The summed E-state index contributed by atoms with van der Waals surface area (Å²) in [4.78, 5) is 4.33. The molecule has 2 atom stereocenters. The van der Waals surface area contributed by atoms with Crippen LogP contribution in [0.2, 0.25) is 0 Å². The van der Waals surface area contributed by atoms with Gasteiger partial charge < -0.3 is 5.32 Å². The van der Waals surface area contributed by atoms with Crippen LogP contribution in [0, 0.1) is 5.92 Å². The van der Waals surface area contributed by atoms with Crippen molar-refractivity contribution in [1.29, 1.82) is 0 Å². The van der Waals surface area contributed by atoms with Gasteiger partial charge in [-0.3, -0.25) is 4.90 Å². The lowest BCUT2D eigenvalue weighted by Crippen LogP contribution is -2.42. The minimum Gasteiger partial charge on any atom is -0.319 e. The number of nitrogens with one attached hydrogen (secondary N) is 1. The van der Waals surface area contributed by atoms with Gasteiger partial charge in [-0.2, -0.15) is 0 Å². The number of hydrogen-bond donors (Lipinski definition) is 1. The molecule has 2 unspecified atom stereocenters. The van der Waals surface area contributed by atoms with E-state index >= 15 is 0 Å². The normalized spacial score (nSPS) is 29.7. The van der Waals surface area contributed by atoms with E-state index < -0.39 is 0 Å². The van der Waals surface area contributed by atoms with Gasteiger partial charge in [0.15, 0.2) is 0 Å². The molecule has 1 aliphatic carbocycles. The molecule has 2 nitrogen and oxygen atoms in total. The van der Waals surface area contributed by atoms with Gasteiger partial charge in [0.05, 0.1) is 3.79 Å². The number of rotatable bonds is 4. The third-order valence-corrected chi connectivity index (χ3v) is 5.86. The lowest BCUT2D eigenvalue weighted by Gasteiger charge is -2.41. The molecule has 0 aromatic carbocycles. The van der Waals surface area contributed by atoms with Crippen molar-refractivity contribution < 1.29 is 0 Å². The first-order chi connectivity index (χ1) is 8.79. The van der Waals surface area contributed by atoms with Crippen LogP contribution in [0.25, 0.3) is 0 Å². The van der Waals surface area contributed by atoms with E-state index in [0.717, 1.165) is 18.5 Å². The van der Waals surface area contributed by atoms with E-state index in [2.05, 4.69) is 45.3 Å². The molecule has 2 aliphatic rings. The number of nitrogens with zero attached hydrogens (tertiary/aromatic N) is 1. The molecule has 1 N–H and O–H groups in total. The van der Waals surface area contributed by atoms with Gasteiger partial charge >= 0.3 is 0 Å². The van der Waals surface area contributed by atoms with Crippen LogP contribution >= 0.6 is 27.3 Å². The largest absolute Gasteiger partial charge is 0.319 e. The Labute approximate surface area is 122 Å². The number of hydrogen-bond acceptors (Lipinski definition) is 3.